The maximum atomic E-state index is 14.6. The number of halogens is 1. The molecule has 138 valence electrons. The fourth-order valence-electron chi connectivity index (χ4n) is 2.89. The van der Waals surface area contributed by atoms with Crippen molar-refractivity contribution in [3.8, 4) is 11.5 Å². The molecule has 3 nitrogen and oxygen atoms in total. The molecule has 0 unspecified atom stereocenters. The molecular formula is C23H21FO3. The van der Waals surface area contributed by atoms with Crippen LogP contribution in [0.25, 0.3) is 0 Å². The first-order valence-corrected chi connectivity index (χ1v) is 8.72. The molecular weight excluding hydrogens is 343 g/mol. The maximum absolute atomic E-state index is 14.6. The Labute approximate surface area is 158 Å². The van der Waals surface area contributed by atoms with E-state index in [0.717, 1.165) is 5.56 Å². The molecule has 0 aliphatic carbocycles. The third-order valence-corrected chi connectivity index (χ3v) is 4.55. The topological polar surface area (TPSA) is 35.5 Å². The number of carbonyl (C=O) groups excluding carboxylic acids is 1. The average molecular weight is 364 g/mol. The van der Waals surface area contributed by atoms with Crippen LogP contribution in [0.5, 0.6) is 11.5 Å². The van der Waals surface area contributed by atoms with E-state index < -0.39 is 11.8 Å². The van der Waals surface area contributed by atoms with Crippen LogP contribution in [0.15, 0.2) is 60.7 Å². The lowest BCUT2D eigenvalue weighted by molar-refractivity contribution is 0.0728. The Morgan fingerprint density at radius 2 is 1.44 bits per heavy atom. The van der Waals surface area contributed by atoms with Crippen LogP contribution in [0.2, 0.25) is 0 Å². The molecule has 3 rings (SSSR count). The van der Waals surface area contributed by atoms with Crippen molar-refractivity contribution in [2.24, 2.45) is 0 Å². The van der Waals surface area contributed by atoms with Gasteiger partial charge in [-0.3, -0.25) is 0 Å². The second-order valence-corrected chi connectivity index (χ2v) is 6.37. The molecule has 0 amide bonds. The van der Waals surface area contributed by atoms with Gasteiger partial charge in [0.2, 0.25) is 0 Å². The monoisotopic (exact) mass is 364 g/mol. The first-order chi connectivity index (χ1) is 13.0. The predicted octanol–water partition coefficient (Wildman–Crippen LogP) is 5.55. The van der Waals surface area contributed by atoms with Gasteiger partial charge in [-0.1, -0.05) is 48.5 Å². The zero-order chi connectivity index (χ0) is 19.4. The minimum Gasteiger partial charge on any atom is -0.488 e. The van der Waals surface area contributed by atoms with Crippen molar-refractivity contribution in [3.05, 3.63) is 94.3 Å². The van der Waals surface area contributed by atoms with Gasteiger partial charge in [-0.2, -0.15) is 0 Å². The Morgan fingerprint density at radius 3 is 2.07 bits per heavy atom. The molecule has 0 fully saturated rings. The van der Waals surface area contributed by atoms with Gasteiger partial charge in [0, 0.05) is 5.56 Å². The lowest BCUT2D eigenvalue weighted by Gasteiger charge is -2.19. The molecule has 0 radical (unpaired) electrons. The Hall–Kier alpha value is -3.14. The number of para-hydroxylation sites is 1. The largest absolute Gasteiger partial charge is 0.488 e. The van der Waals surface area contributed by atoms with Crippen molar-refractivity contribution in [3.63, 3.8) is 0 Å². The zero-order valence-electron chi connectivity index (χ0n) is 15.6. The summed E-state index contributed by atoms with van der Waals surface area (Å²) in [6, 6.07) is 18.3. The molecule has 0 aliphatic heterocycles. The van der Waals surface area contributed by atoms with E-state index in [1.165, 1.54) is 0 Å². The van der Waals surface area contributed by atoms with Crippen LogP contribution in [0.3, 0.4) is 0 Å². The SMILES string of the molecule is Cc1c(C)c(OCc2ccccc2)c(C(=O)Oc2ccccc2)c(C)c1F. The normalized spacial score (nSPS) is 10.5. The van der Waals surface area contributed by atoms with Crippen molar-refractivity contribution in [2.75, 3.05) is 0 Å². The fraction of sp³-hybridized carbons (Fsp3) is 0.174. The van der Waals surface area contributed by atoms with E-state index in [1.54, 1.807) is 45.0 Å². The molecule has 3 aromatic rings. The fourth-order valence-corrected chi connectivity index (χ4v) is 2.89. The molecule has 3 aromatic carbocycles. The summed E-state index contributed by atoms with van der Waals surface area (Å²) < 4.78 is 26.0. The number of hydrogen-bond acceptors (Lipinski definition) is 3. The van der Waals surface area contributed by atoms with Gasteiger partial charge in [-0.05, 0) is 49.6 Å². The highest BCUT2D eigenvalue weighted by Crippen LogP contribution is 2.34. The van der Waals surface area contributed by atoms with Gasteiger partial charge in [0.25, 0.3) is 0 Å². The summed E-state index contributed by atoms with van der Waals surface area (Å²) in [6.07, 6.45) is 0. The molecule has 0 atom stereocenters. The van der Waals surface area contributed by atoms with Gasteiger partial charge in [-0.25, -0.2) is 9.18 Å². The van der Waals surface area contributed by atoms with E-state index in [-0.39, 0.29) is 17.7 Å². The minimum atomic E-state index is -0.635. The summed E-state index contributed by atoms with van der Waals surface area (Å²) in [6.45, 7) is 5.27. The van der Waals surface area contributed by atoms with Crippen LogP contribution in [-0.4, -0.2) is 5.97 Å². The summed E-state index contributed by atoms with van der Waals surface area (Å²) in [5, 5.41) is 0. The van der Waals surface area contributed by atoms with Gasteiger partial charge in [0.1, 0.15) is 29.5 Å². The minimum absolute atomic E-state index is 0.121. The van der Waals surface area contributed by atoms with Crippen LogP contribution in [0.1, 0.15) is 32.6 Å². The summed E-state index contributed by atoms with van der Waals surface area (Å²) in [7, 11) is 0. The van der Waals surface area contributed by atoms with Crippen molar-refractivity contribution in [1.82, 2.24) is 0 Å². The maximum Gasteiger partial charge on any atom is 0.347 e. The number of esters is 1. The highest BCUT2D eigenvalue weighted by atomic mass is 19.1. The summed E-state index contributed by atoms with van der Waals surface area (Å²) in [5.74, 6) is -0.297. The summed E-state index contributed by atoms with van der Waals surface area (Å²) in [4.78, 5) is 12.8. The zero-order valence-corrected chi connectivity index (χ0v) is 15.6. The number of ether oxygens (including phenoxy) is 2. The van der Waals surface area contributed by atoms with Gasteiger partial charge < -0.3 is 9.47 Å². The molecule has 27 heavy (non-hydrogen) atoms. The van der Waals surface area contributed by atoms with Crippen LogP contribution >= 0.6 is 0 Å². The lowest BCUT2D eigenvalue weighted by Crippen LogP contribution is -2.16. The molecule has 0 saturated carbocycles. The van der Waals surface area contributed by atoms with Crippen LogP contribution in [0.4, 0.5) is 4.39 Å². The van der Waals surface area contributed by atoms with E-state index in [1.807, 2.05) is 36.4 Å². The molecule has 0 aliphatic rings. The first kappa shape index (κ1) is 18.6. The quantitative estimate of drug-likeness (QED) is 0.440. The van der Waals surface area contributed by atoms with Crippen molar-refractivity contribution in [2.45, 2.75) is 27.4 Å². The van der Waals surface area contributed by atoms with E-state index in [2.05, 4.69) is 0 Å². The van der Waals surface area contributed by atoms with Crippen LogP contribution in [0, 0.1) is 26.6 Å². The Balaban J connectivity index is 1.99. The number of rotatable bonds is 5. The highest BCUT2D eigenvalue weighted by molar-refractivity contribution is 5.96. The van der Waals surface area contributed by atoms with Crippen LogP contribution < -0.4 is 9.47 Å². The molecule has 0 saturated heterocycles. The second-order valence-electron chi connectivity index (χ2n) is 6.37. The number of hydrogen-bond donors (Lipinski definition) is 0. The molecule has 4 heteroatoms. The molecule has 0 aromatic heterocycles. The van der Waals surface area contributed by atoms with E-state index >= 15 is 0 Å². The van der Waals surface area contributed by atoms with Gasteiger partial charge in [0.15, 0.2) is 0 Å². The van der Waals surface area contributed by atoms with E-state index in [0.29, 0.717) is 22.6 Å². The highest BCUT2D eigenvalue weighted by Gasteiger charge is 2.25. The third-order valence-electron chi connectivity index (χ3n) is 4.55. The lowest BCUT2D eigenvalue weighted by atomic mass is 9.98. The standard InChI is InChI=1S/C23H21FO3/c1-15-16(2)22(26-14-18-10-6-4-7-11-18)20(17(3)21(15)24)23(25)27-19-12-8-5-9-13-19/h4-13H,14H2,1-3H3. The van der Waals surface area contributed by atoms with E-state index in [4.69, 9.17) is 9.47 Å². The number of benzene rings is 3. The Bertz CT molecular complexity index is 951. The summed E-state index contributed by atoms with van der Waals surface area (Å²) in [5.41, 5.74) is 2.36. The van der Waals surface area contributed by atoms with E-state index in [9.17, 15) is 9.18 Å². The molecule has 0 bridgehead atoms. The van der Waals surface area contributed by atoms with Crippen LogP contribution in [-0.2, 0) is 6.61 Å². The Morgan fingerprint density at radius 1 is 0.852 bits per heavy atom. The molecule has 0 heterocycles. The third kappa shape index (κ3) is 4.00. The van der Waals surface area contributed by atoms with Gasteiger partial charge >= 0.3 is 5.97 Å². The Kier molecular flexibility index (Phi) is 5.55. The first-order valence-electron chi connectivity index (χ1n) is 8.72. The van der Waals surface area contributed by atoms with Crippen molar-refractivity contribution < 1.29 is 18.7 Å². The molecule has 0 spiro atoms. The average Bonchev–Trinajstić information content (AvgIpc) is 2.69. The second kappa shape index (κ2) is 8.04. The predicted molar refractivity (Wildman–Crippen MR) is 103 cm³/mol. The summed E-state index contributed by atoms with van der Waals surface area (Å²) >= 11 is 0. The number of carbonyl (C=O) groups is 1. The van der Waals surface area contributed by atoms with Gasteiger partial charge in [-0.15, -0.1) is 0 Å². The van der Waals surface area contributed by atoms with Gasteiger partial charge in [0.05, 0.1) is 0 Å². The van der Waals surface area contributed by atoms with Crippen molar-refractivity contribution >= 4 is 5.97 Å². The smallest absolute Gasteiger partial charge is 0.347 e. The van der Waals surface area contributed by atoms with Crippen molar-refractivity contribution in [1.29, 1.82) is 0 Å². The molecule has 0 N–H and O–H groups in total.